The molecule has 0 saturated heterocycles. The Bertz CT molecular complexity index is 794. The lowest BCUT2D eigenvalue weighted by molar-refractivity contribution is -0.194. The van der Waals surface area contributed by atoms with Gasteiger partial charge in [0, 0.05) is 28.5 Å². The first-order chi connectivity index (χ1) is 11.7. The van der Waals surface area contributed by atoms with E-state index in [-0.39, 0.29) is 28.4 Å². The van der Waals surface area contributed by atoms with E-state index in [1.807, 2.05) is 0 Å². The fourth-order valence-corrected chi connectivity index (χ4v) is 4.03. The number of anilines is 2. The lowest BCUT2D eigenvalue weighted by Crippen LogP contribution is -2.58. The highest BCUT2D eigenvalue weighted by Gasteiger charge is 2.64. The number of alkyl halides is 3. The van der Waals surface area contributed by atoms with Crippen LogP contribution >= 0.6 is 11.6 Å². The summed E-state index contributed by atoms with van der Waals surface area (Å²) in [6, 6.07) is 3.67. The lowest BCUT2D eigenvalue weighted by atomic mass is 9.65. The SMILES string of the molecule is CCC(N(C)C)C1(C(F)(F)F)c2cc(Cl)ccc2Nc2ncncc21. The summed E-state index contributed by atoms with van der Waals surface area (Å²) >= 11 is 6.07. The predicted octanol–water partition coefficient (Wildman–Crippen LogP) is 4.38. The first kappa shape index (κ1) is 17.9. The Morgan fingerprint density at radius 1 is 1.28 bits per heavy atom. The smallest absolute Gasteiger partial charge is 0.340 e. The van der Waals surface area contributed by atoms with Crippen molar-refractivity contribution < 1.29 is 13.2 Å². The summed E-state index contributed by atoms with van der Waals surface area (Å²) in [5.41, 5.74) is -1.82. The second-order valence-electron chi connectivity index (χ2n) is 6.29. The molecule has 0 fully saturated rings. The van der Waals surface area contributed by atoms with E-state index >= 15 is 0 Å². The minimum Gasteiger partial charge on any atom is -0.340 e. The summed E-state index contributed by atoms with van der Waals surface area (Å²) in [7, 11) is 3.30. The molecule has 1 aliphatic rings. The van der Waals surface area contributed by atoms with Crippen LogP contribution in [0.5, 0.6) is 0 Å². The van der Waals surface area contributed by atoms with Gasteiger partial charge in [0.05, 0.1) is 0 Å². The minimum atomic E-state index is -4.57. The third-order valence-electron chi connectivity index (χ3n) is 4.75. The molecule has 2 unspecified atom stereocenters. The Morgan fingerprint density at radius 2 is 2.00 bits per heavy atom. The molecular weight excluding hydrogens is 353 g/mol. The van der Waals surface area contributed by atoms with Crippen LogP contribution in [-0.4, -0.2) is 41.2 Å². The number of aromatic nitrogens is 2. The van der Waals surface area contributed by atoms with E-state index in [9.17, 15) is 13.2 Å². The van der Waals surface area contributed by atoms with Gasteiger partial charge in [-0.25, -0.2) is 9.97 Å². The fraction of sp³-hybridized carbons (Fsp3) is 0.412. The van der Waals surface area contributed by atoms with Crippen molar-refractivity contribution in [3.8, 4) is 0 Å². The molecule has 1 aromatic carbocycles. The van der Waals surface area contributed by atoms with Gasteiger partial charge in [0.25, 0.3) is 0 Å². The van der Waals surface area contributed by atoms with Crippen molar-refractivity contribution in [2.45, 2.75) is 31.0 Å². The van der Waals surface area contributed by atoms with Gasteiger partial charge in [-0.2, -0.15) is 13.2 Å². The molecule has 1 aromatic heterocycles. The molecule has 1 aliphatic heterocycles. The standard InChI is InChI=1S/C17H18ClF3N4/c1-4-14(25(2)3)16(17(19,20)21)11-7-10(18)5-6-13(11)24-15-12(16)8-22-9-23-15/h5-9,14H,4H2,1-3H3,(H,22,23,24). The lowest BCUT2D eigenvalue weighted by Gasteiger charge is -2.48. The molecule has 4 nitrogen and oxygen atoms in total. The molecule has 0 amide bonds. The van der Waals surface area contributed by atoms with Gasteiger partial charge in [-0.05, 0) is 44.3 Å². The Kier molecular flexibility index (Phi) is 4.41. The van der Waals surface area contributed by atoms with Gasteiger partial charge in [-0.1, -0.05) is 18.5 Å². The first-order valence-electron chi connectivity index (χ1n) is 7.84. The van der Waals surface area contributed by atoms with Crippen LogP contribution in [0.3, 0.4) is 0 Å². The minimum absolute atomic E-state index is 0.0119. The summed E-state index contributed by atoms with van der Waals surface area (Å²) in [5.74, 6) is 0.169. The van der Waals surface area contributed by atoms with Crippen molar-refractivity contribution in [3.05, 3.63) is 46.9 Å². The second-order valence-corrected chi connectivity index (χ2v) is 6.73. The van der Waals surface area contributed by atoms with Crippen LogP contribution in [0.25, 0.3) is 0 Å². The van der Waals surface area contributed by atoms with Crippen LogP contribution < -0.4 is 5.32 Å². The summed E-state index contributed by atoms with van der Waals surface area (Å²) in [5, 5.41) is 3.24. The number of hydrogen-bond acceptors (Lipinski definition) is 4. The van der Waals surface area contributed by atoms with Crippen molar-refractivity contribution in [2.24, 2.45) is 0 Å². The highest BCUT2D eigenvalue weighted by atomic mass is 35.5. The summed E-state index contributed by atoms with van der Waals surface area (Å²) < 4.78 is 44.2. The van der Waals surface area contributed by atoms with Crippen molar-refractivity contribution >= 4 is 23.1 Å². The largest absolute Gasteiger partial charge is 0.404 e. The molecule has 0 bridgehead atoms. The van der Waals surface area contributed by atoms with Gasteiger partial charge in [-0.15, -0.1) is 0 Å². The number of nitrogens with one attached hydrogen (secondary N) is 1. The van der Waals surface area contributed by atoms with Gasteiger partial charge in [-0.3, -0.25) is 0 Å². The Morgan fingerprint density at radius 3 is 2.60 bits per heavy atom. The second kappa shape index (κ2) is 6.14. The zero-order chi connectivity index (χ0) is 18.4. The van der Waals surface area contributed by atoms with E-state index in [1.165, 1.54) is 18.6 Å². The first-order valence-corrected chi connectivity index (χ1v) is 8.22. The van der Waals surface area contributed by atoms with Crippen LogP contribution in [0.4, 0.5) is 24.7 Å². The van der Waals surface area contributed by atoms with Crippen LogP contribution in [0.1, 0.15) is 24.5 Å². The van der Waals surface area contributed by atoms with Gasteiger partial charge in [0.2, 0.25) is 0 Å². The molecule has 25 heavy (non-hydrogen) atoms. The summed E-state index contributed by atoms with van der Waals surface area (Å²) in [6.07, 6.45) is -1.80. The molecule has 2 heterocycles. The van der Waals surface area contributed by atoms with Crippen molar-refractivity contribution in [2.75, 3.05) is 19.4 Å². The maximum Gasteiger partial charge on any atom is 0.404 e. The molecule has 0 saturated carbocycles. The normalized spacial score (nSPS) is 20.6. The third-order valence-corrected chi connectivity index (χ3v) is 4.99. The van der Waals surface area contributed by atoms with E-state index in [2.05, 4.69) is 15.3 Å². The van der Waals surface area contributed by atoms with Crippen LogP contribution in [0.2, 0.25) is 5.02 Å². The number of rotatable bonds is 3. The number of benzene rings is 1. The topological polar surface area (TPSA) is 41.0 Å². The molecule has 3 rings (SSSR count). The maximum atomic E-state index is 14.7. The number of halogens is 4. The molecule has 0 radical (unpaired) electrons. The number of nitrogens with zero attached hydrogens (tertiary/aromatic N) is 3. The molecule has 8 heteroatoms. The maximum absolute atomic E-state index is 14.7. The predicted molar refractivity (Wildman–Crippen MR) is 91.4 cm³/mol. The van der Waals surface area contributed by atoms with Gasteiger partial charge in [0.15, 0.2) is 0 Å². The van der Waals surface area contributed by atoms with E-state index in [0.717, 1.165) is 0 Å². The Hall–Kier alpha value is -1.86. The van der Waals surface area contributed by atoms with Crippen LogP contribution in [0, 0.1) is 0 Å². The molecule has 0 spiro atoms. The fourth-order valence-electron chi connectivity index (χ4n) is 3.85. The van der Waals surface area contributed by atoms with Crippen molar-refractivity contribution in [1.29, 1.82) is 0 Å². The van der Waals surface area contributed by atoms with E-state index in [4.69, 9.17) is 11.6 Å². The Labute approximate surface area is 149 Å². The average molecular weight is 371 g/mol. The number of fused-ring (bicyclic) bond motifs is 2. The molecule has 0 aliphatic carbocycles. The number of hydrogen-bond donors (Lipinski definition) is 1. The molecule has 2 aromatic rings. The Balaban J connectivity index is 2.46. The highest BCUT2D eigenvalue weighted by Crippen LogP contribution is 2.57. The average Bonchev–Trinajstić information content (AvgIpc) is 2.53. The van der Waals surface area contributed by atoms with E-state index in [1.54, 1.807) is 38.1 Å². The number of likely N-dealkylation sites (N-methyl/N-ethyl adjacent to an activating group) is 1. The molecule has 2 atom stereocenters. The van der Waals surface area contributed by atoms with Gasteiger partial charge >= 0.3 is 6.18 Å². The zero-order valence-corrected chi connectivity index (χ0v) is 14.8. The van der Waals surface area contributed by atoms with Gasteiger partial charge < -0.3 is 10.2 Å². The quantitative estimate of drug-likeness (QED) is 0.870. The zero-order valence-electron chi connectivity index (χ0n) is 14.0. The highest BCUT2D eigenvalue weighted by molar-refractivity contribution is 6.30. The summed E-state index contributed by atoms with van der Waals surface area (Å²) in [6.45, 7) is 1.74. The third kappa shape index (κ3) is 2.57. The van der Waals surface area contributed by atoms with E-state index in [0.29, 0.717) is 5.69 Å². The molecule has 134 valence electrons. The van der Waals surface area contributed by atoms with E-state index < -0.39 is 17.6 Å². The monoisotopic (exact) mass is 370 g/mol. The van der Waals surface area contributed by atoms with Crippen LogP contribution in [-0.2, 0) is 5.41 Å². The van der Waals surface area contributed by atoms with Crippen molar-refractivity contribution in [3.63, 3.8) is 0 Å². The molecule has 1 N–H and O–H groups in total. The van der Waals surface area contributed by atoms with Crippen molar-refractivity contribution in [1.82, 2.24) is 14.9 Å². The van der Waals surface area contributed by atoms with Gasteiger partial charge in [0.1, 0.15) is 17.6 Å². The van der Waals surface area contributed by atoms with Crippen LogP contribution in [0.15, 0.2) is 30.7 Å². The summed E-state index contributed by atoms with van der Waals surface area (Å²) in [4.78, 5) is 9.52. The molecular formula is C17H18ClF3N4.